The van der Waals surface area contributed by atoms with Gasteiger partial charge in [-0.3, -0.25) is 9.52 Å². The zero-order valence-corrected chi connectivity index (χ0v) is 29.2. The summed E-state index contributed by atoms with van der Waals surface area (Å²) < 4.78 is 33.5. The van der Waals surface area contributed by atoms with E-state index >= 15 is 0 Å². The summed E-state index contributed by atoms with van der Waals surface area (Å²) in [5.74, 6) is 1.09. The summed E-state index contributed by atoms with van der Waals surface area (Å²) in [6, 6.07) is 10.9. The Balaban J connectivity index is 1.43. The van der Waals surface area contributed by atoms with Crippen molar-refractivity contribution < 1.29 is 23.3 Å². The molecule has 4 aliphatic rings. The molecule has 6 rings (SSSR count). The highest BCUT2D eigenvalue weighted by Gasteiger charge is 2.38. The summed E-state index contributed by atoms with van der Waals surface area (Å²) in [7, 11) is -1.68. The number of aryl methyl sites for hydroxylation is 1. The number of nitrogens with zero attached hydrogens (tertiary/aromatic N) is 2. The first-order chi connectivity index (χ1) is 22.6. The van der Waals surface area contributed by atoms with Gasteiger partial charge in [-0.25, -0.2) is 9.00 Å². The molecule has 2 aromatic rings. The number of fused-ring (bicyclic) bond motifs is 3. The predicted molar refractivity (Wildman–Crippen MR) is 186 cm³/mol. The molecule has 2 heterocycles. The lowest BCUT2D eigenvalue weighted by molar-refractivity contribution is 0.0133. The zero-order valence-electron chi connectivity index (χ0n) is 27.6. The lowest BCUT2D eigenvalue weighted by Crippen LogP contribution is -2.43. The highest BCUT2D eigenvalue weighted by atomic mass is 35.5. The topological polar surface area (TPSA) is 109 Å². The van der Waals surface area contributed by atoms with Gasteiger partial charge in [0.1, 0.15) is 15.7 Å². The summed E-state index contributed by atoms with van der Waals surface area (Å²) in [5.41, 5.74) is 3.50. The monoisotopic (exact) mass is 682 g/mol. The number of carbonyl (C=O) groups excluding carboxylic acids is 2. The minimum atomic E-state index is -3.44. The Morgan fingerprint density at radius 3 is 2.70 bits per heavy atom. The van der Waals surface area contributed by atoms with Crippen molar-refractivity contribution >= 4 is 39.1 Å². The third-order valence-electron chi connectivity index (χ3n) is 10.1. The molecule has 47 heavy (non-hydrogen) atoms. The van der Waals surface area contributed by atoms with Crippen LogP contribution in [0.4, 0.5) is 10.5 Å². The number of anilines is 1. The van der Waals surface area contributed by atoms with E-state index < -0.39 is 21.9 Å². The molecule has 2 saturated carbocycles. The number of methoxy groups -OCH3 is 1. The normalized spacial score (nSPS) is 31.7. The van der Waals surface area contributed by atoms with Crippen LogP contribution in [0.25, 0.3) is 0 Å². The molecule has 0 spiro atoms. The van der Waals surface area contributed by atoms with Gasteiger partial charge in [0.05, 0.1) is 24.2 Å². The molecule has 2 fully saturated rings. The summed E-state index contributed by atoms with van der Waals surface area (Å²) in [4.78, 5) is 29.0. The molecule has 0 saturated heterocycles. The lowest BCUT2D eigenvalue weighted by Gasteiger charge is -2.43. The van der Waals surface area contributed by atoms with Crippen LogP contribution < -0.4 is 19.7 Å². The second kappa shape index (κ2) is 14.6. The molecular weight excluding hydrogens is 636 g/mol. The van der Waals surface area contributed by atoms with E-state index in [4.69, 9.17) is 21.1 Å². The summed E-state index contributed by atoms with van der Waals surface area (Å²) in [5, 5.41) is 3.59. The van der Waals surface area contributed by atoms with Crippen LogP contribution in [-0.2, 0) is 27.6 Å². The molecule has 2 aliphatic heterocycles. The van der Waals surface area contributed by atoms with E-state index in [0.717, 1.165) is 55.8 Å². The van der Waals surface area contributed by atoms with Crippen molar-refractivity contribution in [1.82, 2.24) is 10.0 Å². The van der Waals surface area contributed by atoms with Crippen LogP contribution in [-0.4, -0.2) is 54.3 Å². The molecule has 0 aromatic heterocycles. The Kier molecular flexibility index (Phi) is 10.5. The Morgan fingerprint density at radius 1 is 1.13 bits per heavy atom. The summed E-state index contributed by atoms with van der Waals surface area (Å²) >= 11 is 6.45. The van der Waals surface area contributed by atoms with Crippen LogP contribution in [0.1, 0.15) is 73.9 Å². The van der Waals surface area contributed by atoms with Gasteiger partial charge in [-0.1, -0.05) is 43.7 Å². The fourth-order valence-electron chi connectivity index (χ4n) is 7.04. The van der Waals surface area contributed by atoms with Crippen molar-refractivity contribution in [2.45, 2.75) is 77.5 Å². The number of amides is 3. The van der Waals surface area contributed by atoms with Crippen LogP contribution in [0, 0.1) is 23.7 Å². The van der Waals surface area contributed by atoms with E-state index in [-0.39, 0.29) is 23.8 Å². The van der Waals surface area contributed by atoms with Gasteiger partial charge >= 0.3 is 6.03 Å². The molecule has 2 N–H and O–H groups in total. The maximum Gasteiger partial charge on any atom is 0.327 e. The van der Waals surface area contributed by atoms with Crippen molar-refractivity contribution in [3.63, 3.8) is 0 Å². The molecule has 254 valence electrons. The first kappa shape index (κ1) is 33.8. The SMILES string of the molecule is CO[C@H]1/C=C/C[C@H](C)CS(=O)(NC(=O)N[C@@H]2C[C@H]2C)=NC(=O)c2ccc3c(c2)N(Cc2ccc(Cl)cc2CCCCO3)C[C@@H]2CC[C@H]21. The molecule has 2 aliphatic carbocycles. The van der Waals surface area contributed by atoms with Crippen LogP contribution in [0.2, 0.25) is 5.02 Å². The quantitative estimate of drug-likeness (QED) is 0.340. The maximum atomic E-state index is 14.3. The third-order valence-corrected chi connectivity index (χ3v) is 12.3. The van der Waals surface area contributed by atoms with E-state index in [0.29, 0.717) is 48.6 Å². The number of hydrogen-bond acceptors (Lipinski definition) is 6. The molecule has 11 heteroatoms. The minimum Gasteiger partial charge on any atom is -0.491 e. The van der Waals surface area contributed by atoms with Crippen molar-refractivity contribution in [2.75, 3.05) is 30.9 Å². The average Bonchev–Trinajstić information content (AvgIpc) is 3.71. The van der Waals surface area contributed by atoms with Gasteiger partial charge in [0.2, 0.25) is 0 Å². The molecule has 7 atom stereocenters. The standard InChI is InChI=1S/C36H47ClN4O5S/c1-23-7-6-9-33(45-3)30-14-11-28(30)21-41-20-27-10-13-29(37)18-25(27)8-4-5-16-46-34-15-12-26(19-32(34)41)35(42)39-47(44,22-23)40-36(43)38-31-17-24(31)2/h6,9-10,12-13,15,18-19,23-24,28,30-31,33H,4-5,7-8,11,14,16-17,20-22H2,1-3H3,(H2,38,39,40,42,43,44)/b9-6+/t23-,24+,28-,30+,31+,33-,47?/m0/s1. The fourth-order valence-corrected chi connectivity index (χ4v) is 9.07. The Labute approximate surface area is 284 Å². The minimum absolute atomic E-state index is 0.0415. The van der Waals surface area contributed by atoms with E-state index in [9.17, 15) is 13.8 Å². The molecule has 2 aromatic carbocycles. The van der Waals surface area contributed by atoms with Crippen LogP contribution in [0.15, 0.2) is 52.9 Å². The van der Waals surface area contributed by atoms with Gasteiger partial charge in [-0.2, -0.15) is 0 Å². The summed E-state index contributed by atoms with van der Waals surface area (Å²) in [6.07, 6.45) is 10.5. The summed E-state index contributed by atoms with van der Waals surface area (Å²) in [6.45, 7) is 5.92. The number of ether oxygens (including phenoxy) is 2. The zero-order chi connectivity index (χ0) is 33.1. The van der Waals surface area contributed by atoms with Crippen molar-refractivity contribution in [3.05, 3.63) is 70.3 Å². The highest BCUT2D eigenvalue weighted by molar-refractivity contribution is 7.92. The highest BCUT2D eigenvalue weighted by Crippen LogP contribution is 2.42. The van der Waals surface area contributed by atoms with Gasteiger partial charge in [-0.05, 0) is 110 Å². The van der Waals surface area contributed by atoms with Crippen LogP contribution in [0.3, 0.4) is 0 Å². The number of nitrogens with one attached hydrogen (secondary N) is 2. The van der Waals surface area contributed by atoms with E-state index in [1.807, 2.05) is 32.0 Å². The number of carbonyl (C=O) groups is 2. The van der Waals surface area contributed by atoms with Crippen molar-refractivity contribution in [2.24, 2.45) is 28.0 Å². The number of rotatable bonds is 3. The predicted octanol–water partition coefficient (Wildman–Crippen LogP) is 6.93. The average molecular weight is 683 g/mol. The second-order valence-electron chi connectivity index (χ2n) is 13.9. The lowest BCUT2D eigenvalue weighted by atomic mass is 9.70. The van der Waals surface area contributed by atoms with Gasteiger partial charge < -0.3 is 19.7 Å². The Morgan fingerprint density at radius 2 is 1.96 bits per heavy atom. The van der Waals surface area contributed by atoms with Gasteiger partial charge in [0.15, 0.2) is 0 Å². The third kappa shape index (κ3) is 8.32. The van der Waals surface area contributed by atoms with Crippen molar-refractivity contribution in [3.8, 4) is 5.75 Å². The van der Waals surface area contributed by atoms with Crippen LogP contribution in [0.5, 0.6) is 5.75 Å². The van der Waals surface area contributed by atoms with E-state index in [1.54, 1.807) is 13.2 Å². The number of benzene rings is 2. The smallest absolute Gasteiger partial charge is 0.327 e. The Bertz CT molecular complexity index is 1640. The molecule has 3 amide bonds. The molecule has 0 radical (unpaired) electrons. The van der Waals surface area contributed by atoms with E-state index in [2.05, 4.69) is 43.6 Å². The number of hydrogen-bond donors (Lipinski definition) is 2. The van der Waals surface area contributed by atoms with Gasteiger partial charge in [0.25, 0.3) is 5.91 Å². The van der Waals surface area contributed by atoms with Gasteiger partial charge in [0, 0.05) is 36.8 Å². The number of urea groups is 1. The number of halogens is 1. The van der Waals surface area contributed by atoms with Crippen molar-refractivity contribution in [1.29, 1.82) is 0 Å². The van der Waals surface area contributed by atoms with Gasteiger partial charge in [-0.15, -0.1) is 4.36 Å². The first-order valence-electron chi connectivity index (χ1n) is 17.0. The molecule has 2 bridgehead atoms. The maximum absolute atomic E-state index is 14.3. The molecule has 9 nitrogen and oxygen atoms in total. The Hall–Kier alpha value is -3.08. The van der Waals surface area contributed by atoms with Crippen LogP contribution >= 0.6 is 11.6 Å². The second-order valence-corrected chi connectivity index (χ2v) is 16.3. The number of allylic oxidation sites excluding steroid dienone is 1. The molecular formula is C36H47ClN4O5S. The fraction of sp³-hybridized carbons (Fsp3) is 0.556. The van der Waals surface area contributed by atoms with E-state index in [1.165, 1.54) is 11.1 Å². The largest absolute Gasteiger partial charge is 0.491 e. The first-order valence-corrected chi connectivity index (χ1v) is 19.0. The molecule has 1 unspecified atom stereocenters.